The first-order valence-corrected chi connectivity index (χ1v) is 11.5. The Hall–Kier alpha value is -3.08. The van der Waals surface area contributed by atoms with Crippen LogP contribution < -0.4 is 14.1 Å². The molecule has 30 heavy (non-hydrogen) atoms. The summed E-state index contributed by atoms with van der Waals surface area (Å²) in [7, 11) is 1.59. The summed E-state index contributed by atoms with van der Waals surface area (Å²) in [6.45, 7) is 0.898. The molecule has 1 aliphatic heterocycles. The van der Waals surface area contributed by atoms with Crippen molar-refractivity contribution in [1.29, 1.82) is 0 Å². The van der Waals surface area contributed by atoms with Crippen LogP contribution in [0.5, 0.6) is 5.75 Å². The van der Waals surface area contributed by atoms with Crippen molar-refractivity contribution in [2.45, 2.75) is 11.4 Å². The number of carbonyl (C=O) groups is 2. The van der Waals surface area contributed by atoms with E-state index in [4.69, 9.17) is 4.74 Å². The molecule has 1 fully saturated rings. The van der Waals surface area contributed by atoms with Gasteiger partial charge in [0.25, 0.3) is 0 Å². The molecule has 0 N–H and O–H groups in total. The zero-order valence-electron chi connectivity index (χ0n) is 16.6. The average Bonchev–Trinajstić information content (AvgIpc) is 2.79. The van der Waals surface area contributed by atoms with E-state index in [1.54, 1.807) is 36.3 Å². The van der Waals surface area contributed by atoms with Crippen LogP contribution in [0.25, 0.3) is 0 Å². The van der Waals surface area contributed by atoms with Gasteiger partial charge >= 0.3 is 182 Å². The van der Waals surface area contributed by atoms with Crippen LogP contribution in [0, 0.1) is 0 Å². The summed E-state index contributed by atoms with van der Waals surface area (Å²) in [5.41, 5.74) is 1.61. The zero-order valence-corrected chi connectivity index (χ0v) is 18.3. The topological polar surface area (TPSA) is 49.9 Å². The van der Waals surface area contributed by atoms with Crippen molar-refractivity contribution in [1.82, 2.24) is 4.90 Å². The van der Waals surface area contributed by atoms with Crippen molar-refractivity contribution >= 4 is 37.0 Å². The molecule has 0 aromatic heterocycles. The molecule has 0 radical (unpaired) electrons. The molecule has 1 heterocycles. The monoisotopic (exact) mass is 466 g/mol. The number of methoxy groups -OCH3 is 1. The molecule has 0 spiro atoms. The fourth-order valence-corrected chi connectivity index (χ4v) is 5.71. The molecule has 5 nitrogen and oxygen atoms in total. The van der Waals surface area contributed by atoms with Crippen molar-refractivity contribution in [3.05, 3.63) is 90.5 Å². The van der Waals surface area contributed by atoms with Gasteiger partial charge in [-0.15, -0.1) is 0 Å². The molecule has 1 unspecified atom stereocenters. The van der Waals surface area contributed by atoms with E-state index in [0.717, 1.165) is 10.0 Å². The maximum absolute atomic E-state index is 13.4. The van der Waals surface area contributed by atoms with Gasteiger partial charge in [-0.05, 0) is 0 Å². The Bertz CT molecular complexity index is 950. The summed E-state index contributed by atoms with van der Waals surface area (Å²) in [6.07, 6.45) is 0. The van der Waals surface area contributed by atoms with Gasteiger partial charge in [-0.3, -0.25) is 0 Å². The first kappa shape index (κ1) is 20.2. The number of benzene rings is 3. The van der Waals surface area contributed by atoms with Gasteiger partial charge in [-0.2, -0.15) is 0 Å². The number of hydrogen-bond donors (Lipinski definition) is 0. The molecule has 0 aliphatic carbocycles. The molecule has 0 saturated carbocycles. The van der Waals surface area contributed by atoms with Crippen molar-refractivity contribution in [3.8, 4) is 5.75 Å². The van der Waals surface area contributed by atoms with Crippen LogP contribution in [0.3, 0.4) is 0 Å². The Kier molecular flexibility index (Phi) is 6.17. The molecule has 1 saturated heterocycles. The van der Waals surface area contributed by atoms with E-state index in [9.17, 15) is 9.59 Å². The van der Waals surface area contributed by atoms with Gasteiger partial charge in [-0.25, -0.2) is 0 Å². The summed E-state index contributed by atoms with van der Waals surface area (Å²) in [5, 5.41) is 0. The Morgan fingerprint density at radius 1 is 0.900 bits per heavy atom. The fraction of sp³-hybridized carbons (Fsp3) is 0.167. The van der Waals surface area contributed by atoms with Crippen molar-refractivity contribution < 1.29 is 14.3 Å². The van der Waals surface area contributed by atoms with E-state index in [1.165, 1.54) is 4.90 Å². The minimum atomic E-state index is -0.283. The first-order valence-electron chi connectivity index (χ1n) is 9.68. The van der Waals surface area contributed by atoms with Crippen LogP contribution in [0.2, 0.25) is 4.82 Å². The normalized spacial score (nSPS) is 16.6. The third-order valence-electron chi connectivity index (χ3n) is 4.91. The van der Waals surface area contributed by atoms with Crippen LogP contribution in [-0.4, -0.2) is 45.4 Å². The number of ether oxygens (including phenoxy) is 1. The molecule has 1 aliphatic rings. The van der Waals surface area contributed by atoms with E-state index in [-0.39, 0.29) is 31.7 Å². The minimum absolute atomic E-state index is 0.0846. The molecule has 1 atom stereocenters. The second-order valence-electron chi connectivity index (χ2n) is 6.94. The number of rotatable bonds is 6. The number of carbonyl (C=O) groups excluding carboxylic acids is 2. The van der Waals surface area contributed by atoms with Gasteiger partial charge in [0.05, 0.1) is 0 Å². The van der Waals surface area contributed by atoms with E-state index < -0.39 is 0 Å². The van der Waals surface area contributed by atoms with E-state index in [2.05, 4.69) is 0 Å². The molecule has 0 bridgehead atoms. The number of hydrogen-bond acceptors (Lipinski definition) is 3. The average molecular weight is 465 g/mol. The van der Waals surface area contributed by atoms with E-state index in [0.29, 0.717) is 24.5 Å². The van der Waals surface area contributed by atoms with Crippen molar-refractivity contribution in [2.24, 2.45) is 0 Å². The quantitative estimate of drug-likeness (QED) is 0.524. The van der Waals surface area contributed by atoms with Crippen LogP contribution in [0.1, 0.15) is 5.56 Å². The van der Waals surface area contributed by atoms with Crippen molar-refractivity contribution in [2.75, 3.05) is 18.6 Å². The molecule has 3 aromatic carbocycles. The Balaban J connectivity index is 1.65. The van der Waals surface area contributed by atoms with Crippen LogP contribution in [0.15, 0.2) is 84.9 Å². The van der Waals surface area contributed by atoms with Crippen LogP contribution in [-0.2, 0) is 11.3 Å². The predicted molar refractivity (Wildman–Crippen MR) is 118 cm³/mol. The SMILES string of the molecule is COc1ccc(N2C(=O)C([Se]c3ccccc3)CN(Cc3ccccc3)C2=O)cc1. The molecule has 3 amide bonds. The summed E-state index contributed by atoms with van der Waals surface area (Å²) < 4.78 is 6.36. The Morgan fingerprint density at radius 2 is 1.53 bits per heavy atom. The van der Waals surface area contributed by atoms with Gasteiger partial charge in [0, 0.05) is 0 Å². The number of imide groups is 1. The second-order valence-corrected chi connectivity index (χ2v) is 9.62. The van der Waals surface area contributed by atoms with E-state index in [1.807, 2.05) is 60.7 Å². The summed E-state index contributed by atoms with van der Waals surface area (Å²) in [4.78, 5) is 29.5. The fourth-order valence-electron chi connectivity index (χ4n) is 3.39. The molecular weight excluding hydrogens is 443 g/mol. The first-order chi connectivity index (χ1) is 14.7. The number of anilines is 1. The second kappa shape index (κ2) is 9.16. The van der Waals surface area contributed by atoms with Crippen molar-refractivity contribution in [3.63, 3.8) is 0 Å². The zero-order chi connectivity index (χ0) is 20.9. The maximum atomic E-state index is 13.4. The van der Waals surface area contributed by atoms with E-state index >= 15 is 0 Å². The molecule has 3 aromatic rings. The third-order valence-corrected chi connectivity index (χ3v) is 7.39. The molecule has 152 valence electrons. The standard InChI is InChI=1S/C24H22N2O3Se/c1-29-20-14-12-19(13-15-20)26-23(27)22(30-21-10-6-3-7-11-21)17-25(24(26)28)16-18-8-4-2-5-9-18/h2-15,22H,16-17H2,1H3. The summed E-state index contributed by atoms with van der Waals surface area (Å²) in [6, 6.07) is 26.7. The van der Waals surface area contributed by atoms with Gasteiger partial charge in [0.15, 0.2) is 0 Å². The van der Waals surface area contributed by atoms with Crippen LogP contribution in [0.4, 0.5) is 10.5 Å². The number of urea groups is 1. The van der Waals surface area contributed by atoms with Crippen LogP contribution >= 0.6 is 0 Å². The Labute approximate surface area is 182 Å². The number of amides is 3. The molecule has 4 rings (SSSR count). The summed E-state index contributed by atoms with van der Waals surface area (Å²) >= 11 is -0.0846. The molecule has 6 heteroatoms. The van der Waals surface area contributed by atoms with Gasteiger partial charge in [0.1, 0.15) is 0 Å². The van der Waals surface area contributed by atoms with Gasteiger partial charge in [-0.1, -0.05) is 0 Å². The van der Waals surface area contributed by atoms with Gasteiger partial charge in [0.2, 0.25) is 0 Å². The summed E-state index contributed by atoms with van der Waals surface area (Å²) in [5.74, 6) is 0.542. The molecular formula is C24H22N2O3Se. The third kappa shape index (κ3) is 4.40. The number of nitrogens with zero attached hydrogens (tertiary/aromatic N) is 2. The van der Waals surface area contributed by atoms with Gasteiger partial charge < -0.3 is 0 Å². The Morgan fingerprint density at radius 3 is 2.17 bits per heavy atom. The predicted octanol–water partition coefficient (Wildman–Crippen LogP) is 3.48.